The van der Waals surface area contributed by atoms with Gasteiger partial charge in [-0.15, -0.1) is 0 Å². The van der Waals surface area contributed by atoms with Gasteiger partial charge in [0, 0.05) is 27.7 Å². The maximum atomic E-state index is 9.34. The van der Waals surface area contributed by atoms with E-state index >= 15 is 0 Å². The van der Waals surface area contributed by atoms with Crippen LogP contribution in [-0.4, -0.2) is 23.3 Å². The molecule has 0 spiro atoms. The Morgan fingerprint density at radius 1 is 1.21 bits per heavy atom. The van der Waals surface area contributed by atoms with Crippen LogP contribution in [0, 0.1) is 18.3 Å². The van der Waals surface area contributed by atoms with Gasteiger partial charge in [0.1, 0.15) is 11.8 Å². The summed E-state index contributed by atoms with van der Waals surface area (Å²) in [5, 5.41) is 14.7. The molecule has 4 rings (SSSR count). The molecule has 0 saturated carbocycles. The molecule has 138 valence electrons. The highest BCUT2D eigenvalue weighted by molar-refractivity contribution is 6.00. The van der Waals surface area contributed by atoms with Crippen molar-refractivity contribution in [3.8, 4) is 23.3 Å². The summed E-state index contributed by atoms with van der Waals surface area (Å²) in [5.41, 5.74) is 6.68. The van der Waals surface area contributed by atoms with Crippen LogP contribution in [0.3, 0.4) is 0 Å². The highest BCUT2D eigenvalue weighted by Crippen LogP contribution is 2.27. The first kappa shape index (κ1) is 17.4. The fourth-order valence-electron chi connectivity index (χ4n) is 2.95. The van der Waals surface area contributed by atoms with Crippen LogP contribution in [0.1, 0.15) is 17.0 Å². The summed E-state index contributed by atoms with van der Waals surface area (Å²) in [4.78, 5) is 7.54. The van der Waals surface area contributed by atoms with E-state index in [2.05, 4.69) is 20.5 Å². The van der Waals surface area contributed by atoms with Crippen molar-refractivity contribution in [2.45, 2.75) is 6.92 Å². The highest BCUT2D eigenvalue weighted by Gasteiger charge is 2.14. The van der Waals surface area contributed by atoms with Crippen molar-refractivity contribution in [2.24, 2.45) is 5.10 Å². The van der Waals surface area contributed by atoms with Gasteiger partial charge in [-0.25, -0.2) is 5.43 Å². The molecule has 0 unspecified atom stereocenters. The number of ether oxygens (including phenoxy) is 1. The van der Waals surface area contributed by atoms with Gasteiger partial charge in [-0.3, -0.25) is 0 Å². The number of nitrogens with one attached hydrogen (secondary N) is 2. The lowest BCUT2D eigenvalue weighted by molar-refractivity contribution is 0.415. The Balaban J connectivity index is 1.59. The zero-order chi connectivity index (χ0) is 19.5. The van der Waals surface area contributed by atoms with E-state index in [0.29, 0.717) is 5.89 Å². The second-order valence-corrected chi connectivity index (χ2v) is 6.12. The molecule has 7 heteroatoms. The van der Waals surface area contributed by atoms with E-state index in [4.69, 9.17) is 9.15 Å². The van der Waals surface area contributed by atoms with Crippen molar-refractivity contribution in [1.82, 2.24) is 9.97 Å². The largest absolute Gasteiger partial charge is 0.497 e. The Morgan fingerprint density at radius 3 is 2.75 bits per heavy atom. The lowest BCUT2D eigenvalue weighted by Gasteiger charge is -1.99. The Labute approximate surface area is 161 Å². The van der Waals surface area contributed by atoms with E-state index in [0.717, 1.165) is 33.5 Å². The summed E-state index contributed by atoms with van der Waals surface area (Å²) in [5.74, 6) is 1.26. The lowest BCUT2D eigenvalue weighted by atomic mass is 10.1. The molecule has 4 aromatic rings. The first-order valence-electron chi connectivity index (χ1n) is 8.61. The number of anilines is 1. The molecule has 0 bridgehead atoms. The van der Waals surface area contributed by atoms with Crippen LogP contribution in [0.25, 0.3) is 22.4 Å². The SMILES string of the molecule is COc1ccc(-c2nc(C#N)c(N/N=C/c3c(C)[nH]c4ccccc34)o2)cc1. The number of hydrazone groups is 1. The molecule has 2 N–H and O–H groups in total. The number of fused-ring (bicyclic) bond motifs is 1. The smallest absolute Gasteiger partial charge is 0.252 e. The molecule has 0 atom stereocenters. The van der Waals surface area contributed by atoms with Gasteiger partial charge in [0.15, 0.2) is 0 Å². The van der Waals surface area contributed by atoms with E-state index in [1.165, 1.54) is 0 Å². The van der Waals surface area contributed by atoms with Gasteiger partial charge in [-0.2, -0.15) is 15.3 Å². The highest BCUT2D eigenvalue weighted by atomic mass is 16.5. The number of aryl methyl sites for hydroxylation is 1. The molecule has 0 fully saturated rings. The van der Waals surface area contributed by atoms with Gasteiger partial charge in [0.05, 0.1) is 13.3 Å². The predicted molar refractivity (Wildman–Crippen MR) is 107 cm³/mol. The molecule has 7 nitrogen and oxygen atoms in total. The van der Waals surface area contributed by atoms with Crippen LogP contribution in [-0.2, 0) is 0 Å². The zero-order valence-corrected chi connectivity index (χ0v) is 15.4. The number of H-pyrrole nitrogens is 1. The minimum atomic E-state index is 0.138. The van der Waals surface area contributed by atoms with E-state index in [1.807, 2.05) is 49.4 Å². The first-order valence-corrected chi connectivity index (χ1v) is 8.61. The third kappa shape index (κ3) is 3.19. The molecule has 0 radical (unpaired) electrons. The van der Waals surface area contributed by atoms with Crippen LogP contribution in [0.4, 0.5) is 5.88 Å². The van der Waals surface area contributed by atoms with Crippen LogP contribution >= 0.6 is 0 Å². The average Bonchev–Trinajstić information content (AvgIpc) is 3.29. The van der Waals surface area contributed by atoms with Crippen LogP contribution in [0.15, 0.2) is 58.0 Å². The Kier molecular flexibility index (Phi) is 4.52. The molecule has 0 aliphatic carbocycles. The summed E-state index contributed by atoms with van der Waals surface area (Å²) in [6.45, 7) is 1.98. The van der Waals surface area contributed by atoms with Crippen LogP contribution < -0.4 is 10.2 Å². The number of rotatable bonds is 5. The second-order valence-electron chi connectivity index (χ2n) is 6.12. The molecule has 0 aliphatic rings. The van der Waals surface area contributed by atoms with Gasteiger partial charge >= 0.3 is 0 Å². The monoisotopic (exact) mass is 371 g/mol. The number of para-hydroxylation sites is 1. The van der Waals surface area contributed by atoms with Crippen molar-refractivity contribution in [3.05, 3.63) is 65.5 Å². The molecule has 0 amide bonds. The van der Waals surface area contributed by atoms with E-state index < -0.39 is 0 Å². The number of methoxy groups -OCH3 is 1. The molecule has 2 aromatic carbocycles. The average molecular weight is 371 g/mol. The topological polar surface area (TPSA) is 99.2 Å². The van der Waals surface area contributed by atoms with Crippen molar-refractivity contribution in [2.75, 3.05) is 12.5 Å². The number of oxazole rings is 1. The van der Waals surface area contributed by atoms with Gasteiger partial charge < -0.3 is 14.1 Å². The molecule has 2 heterocycles. The van der Waals surface area contributed by atoms with Gasteiger partial charge in [-0.1, -0.05) is 18.2 Å². The molecule has 0 aliphatic heterocycles. The third-order valence-corrected chi connectivity index (χ3v) is 4.37. The lowest BCUT2D eigenvalue weighted by Crippen LogP contribution is -1.92. The van der Waals surface area contributed by atoms with E-state index in [9.17, 15) is 5.26 Å². The number of benzene rings is 2. The molecule has 28 heavy (non-hydrogen) atoms. The number of hydrogen-bond acceptors (Lipinski definition) is 6. The van der Waals surface area contributed by atoms with Crippen molar-refractivity contribution >= 4 is 23.0 Å². The Hall–Kier alpha value is -4.05. The standard InChI is InChI=1S/C21H17N5O2/c1-13-17(16-5-3-4-6-18(16)24-13)12-23-26-21-19(11-22)25-20(28-21)14-7-9-15(27-2)10-8-14/h3-10,12,24,26H,1-2H3/b23-12+. The summed E-state index contributed by atoms with van der Waals surface area (Å²) in [6.07, 6.45) is 1.70. The third-order valence-electron chi connectivity index (χ3n) is 4.37. The Bertz CT molecular complexity index is 1200. The van der Waals surface area contributed by atoms with Gasteiger partial charge in [0.25, 0.3) is 5.88 Å². The van der Waals surface area contributed by atoms with Crippen molar-refractivity contribution in [1.29, 1.82) is 5.26 Å². The van der Waals surface area contributed by atoms with Crippen molar-refractivity contribution in [3.63, 3.8) is 0 Å². The normalized spacial score (nSPS) is 11.0. The molecular formula is C21H17N5O2. The summed E-state index contributed by atoms with van der Waals surface area (Å²) in [6, 6.07) is 17.2. The number of nitriles is 1. The molecule has 0 saturated heterocycles. The quantitative estimate of drug-likeness (QED) is 0.399. The molecule has 2 aromatic heterocycles. The minimum Gasteiger partial charge on any atom is -0.497 e. The van der Waals surface area contributed by atoms with Crippen LogP contribution in [0.2, 0.25) is 0 Å². The first-order chi connectivity index (χ1) is 13.7. The van der Waals surface area contributed by atoms with E-state index in [-0.39, 0.29) is 11.6 Å². The maximum Gasteiger partial charge on any atom is 0.252 e. The zero-order valence-electron chi connectivity index (χ0n) is 15.4. The predicted octanol–water partition coefficient (Wildman–Crippen LogP) is 4.46. The summed E-state index contributed by atoms with van der Waals surface area (Å²) in [7, 11) is 1.60. The minimum absolute atomic E-state index is 0.138. The van der Waals surface area contributed by atoms with E-state index in [1.54, 1.807) is 25.5 Å². The number of aromatic nitrogens is 2. The van der Waals surface area contributed by atoms with Crippen molar-refractivity contribution < 1.29 is 9.15 Å². The molecular weight excluding hydrogens is 354 g/mol. The fourth-order valence-corrected chi connectivity index (χ4v) is 2.95. The summed E-state index contributed by atoms with van der Waals surface area (Å²) < 4.78 is 10.8. The van der Waals surface area contributed by atoms with Crippen LogP contribution in [0.5, 0.6) is 5.75 Å². The number of hydrogen-bond donors (Lipinski definition) is 2. The number of nitrogens with zero attached hydrogens (tertiary/aromatic N) is 3. The second kappa shape index (κ2) is 7.29. The summed E-state index contributed by atoms with van der Waals surface area (Å²) >= 11 is 0. The Morgan fingerprint density at radius 2 is 2.00 bits per heavy atom. The van der Waals surface area contributed by atoms with Gasteiger partial charge in [-0.05, 0) is 37.3 Å². The van der Waals surface area contributed by atoms with Gasteiger partial charge in [0.2, 0.25) is 11.6 Å². The number of aromatic amines is 1. The maximum absolute atomic E-state index is 9.34. The fraction of sp³-hybridized carbons (Fsp3) is 0.0952.